The third-order valence-corrected chi connectivity index (χ3v) is 17.4. The highest BCUT2D eigenvalue weighted by molar-refractivity contribution is 6.13. The molecule has 2 aliphatic heterocycles. The number of aromatic hydroxyl groups is 1. The van der Waals surface area contributed by atoms with Crippen LogP contribution in [0.15, 0.2) is 158 Å². The van der Waals surface area contributed by atoms with E-state index in [9.17, 15) is 33.1 Å². The molecular weight excluding hydrogens is 1320 g/mol. The number of unbranched alkanes of at least 4 members (excludes halogenated alkanes) is 1. The number of hydrogen-bond acceptors (Lipinski definition) is 13. The molecule has 19 heteroatoms. The fourth-order valence-electron chi connectivity index (χ4n) is 13.6. The molecule has 2 aliphatic rings. The Labute approximate surface area is 612 Å². The van der Waals surface area contributed by atoms with Crippen molar-refractivity contribution in [3.8, 4) is 56.3 Å². The maximum Gasteiger partial charge on any atom is 0.308 e. The lowest BCUT2D eigenvalue weighted by atomic mass is 9.94. The van der Waals surface area contributed by atoms with Gasteiger partial charge in [-0.1, -0.05) is 102 Å². The minimum atomic E-state index is -0.919. The largest absolute Gasteiger partial charge is 0.508 e. The van der Waals surface area contributed by atoms with Crippen molar-refractivity contribution >= 4 is 35.1 Å². The average molecular weight is 1430 g/mol. The van der Waals surface area contributed by atoms with Gasteiger partial charge >= 0.3 is 11.9 Å². The number of aromatic nitrogens is 2. The number of hydrogen-bond donors (Lipinski definition) is 4. The van der Waals surface area contributed by atoms with Crippen LogP contribution in [0.1, 0.15) is 199 Å². The van der Waals surface area contributed by atoms with Gasteiger partial charge in [-0.3, -0.25) is 19.2 Å². The average Bonchev–Trinajstić information content (AvgIpc) is 1.59. The Morgan fingerprint density at radius 2 is 0.875 bits per heavy atom. The lowest BCUT2D eigenvalue weighted by molar-refractivity contribution is -0.301. The van der Waals surface area contributed by atoms with Gasteiger partial charge in [-0.15, -0.1) is 0 Å². The third-order valence-electron chi connectivity index (χ3n) is 17.4. The lowest BCUT2D eigenvalue weighted by Gasteiger charge is -2.41. The summed E-state index contributed by atoms with van der Waals surface area (Å²) in [5, 5.41) is 23.0. The zero-order valence-electron chi connectivity index (χ0n) is 63.3. The molecule has 558 valence electrons. The van der Waals surface area contributed by atoms with Gasteiger partial charge in [0.05, 0.1) is 66.4 Å². The van der Waals surface area contributed by atoms with Crippen molar-refractivity contribution in [1.29, 1.82) is 0 Å². The molecule has 2 fully saturated rings. The molecule has 8 aromatic rings. The van der Waals surface area contributed by atoms with Gasteiger partial charge in [0.25, 0.3) is 11.8 Å². The molecular formula is C85H106F2N4O13. The first-order chi connectivity index (χ1) is 49.2. The van der Waals surface area contributed by atoms with Crippen LogP contribution in [0.4, 0.5) is 20.2 Å². The SMILES string of the molecule is CC(C)c1c(C(=O)Nc2ccc(O)cc2)c(-c2ccccc2)c(-c2ccc(F)cc2)n1CC[C@@H]1C[C@H](CC(=O)OC(C)(C)C)OC(C)(C)O1.CCCCOc1ccc(NC(=O)c2c(-c3ccccc3)c(-c3ccc(F)cc3)n(CC[C@@H]3C[C@H](CC(=O)OC(C)(C)C)OC(C)(C)O3)c2C(C)C)cc1.CO. The normalized spacial score (nSPS) is 17.0. The van der Waals surface area contributed by atoms with Crippen molar-refractivity contribution in [2.75, 3.05) is 24.4 Å². The fraction of sp³-hybridized carbons (Fsp3) is 0.435. The minimum Gasteiger partial charge on any atom is -0.508 e. The number of amides is 2. The molecule has 2 saturated heterocycles. The van der Waals surface area contributed by atoms with E-state index in [4.69, 9.17) is 38.3 Å². The van der Waals surface area contributed by atoms with Crippen LogP contribution in [-0.2, 0) is 51.1 Å². The number of benzene rings is 6. The fourth-order valence-corrected chi connectivity index (χ4v) is 13.6. The van der Waals surface area contributed by atoms with E-state index in [1.165, 1.54) is 36.4 Å². The number of aliphatic hydroxyl groups excluding tert-OH is 1. The Morgan fingerprint density at radius 1 is 0.519 bits per heavy atom. The van der Waals surface area contributed by atoms with Crippen molar-refractivity contribution in [2.45, 2.75) is 227 Å². The zero-order chi connectivity index (χ0) is 75.8. The summed E-state index contributed by atoms with van der Waals surface area (Å²) in [7, 11) is 1.00. The number of carbonyl (C=O) groups is 4. The predicted octanol–water partition coefficient (Wildman–Crippen LogP) is 19.2. The Balaban J connectivity index is 0.000000258. The molecule has 0 unspecified atom stereocenters. The van der Waals surface area contributed by atoms with Crippen LogP contribution in [0.5, 0.6) is 11.5 Å². The monoisotopic (exact) mass is 1430 g/mol. The molecule has 2 aromatic heterocycles. The van der Waals surface area contributed by atoms with E-state index < -0.39 is 22.8 Å². The van der Waals surface area contributed by atoms with Gasteiger partial charge in [-0.05, 0) is 220 Å². The topological polar surface area (TPSA) is 207 Å². The standard InChI is InChI=1S/C44H55FN2O6.C40H47FN2O6.CH4O/c1-9-10-26-50-34-22-20-33(21-23-34)46-42(49)39-38(30-14-12-11-13-15-30)41(31-16-18-32(45)19-17-31)47(40(39)29(2)3)25-24-35-27-36(52-44(7,8)51-35)28-37(48)53-43(4,5)6;1-25(2)36-35(38(46)42-29-17-19-30(44)20-18-29)34(26-11-9-8-10-12-26)37(27-13-15-28(41)16-14-27)43(36)22-21-31-23-32(48-40(6,7)47-31)24-33(45)49-39(3,4)5;1-2/h11-23,29,35-36H,9-10,24-28H2,1-8H3,(H,46,49);8-20,25,31-32,44H,21-24H2,1-7H3,(H,42,46);2H,1H3/t35-,36-;31-,32-;/m11./s1. The van der Waals surface area contributed by atoms with Crippen LogP contribution in [0.3, 0.4) is 0 Å². The molecule has 6 aromatic carbocycles. The molecule has 2 amide bonds. The van der Waals surface area contributed by atoms with Crippen LogP contribution in [-0.4, -0.2) is 104 Å². The first-order valence-electron chi connectivity index (χ1n) is 36.1. The van der Waals surface area contributed by atoms with E-state index >= 15 is 0 Å². The van der Waals surface area contributed by atoms with Gasteiger partial charge in [-0.25, -0.2) is 8.78 Å². The molecule has 4 atom stereocenters. The molecule has 0 saturated carbocycles. The Kier molecular flexibility index (Phi) is 27.7. The second-order valence-electron chi connectivity index (χ2n) is 29.9. The Hall–Kier alpha value is -8.98. The predicted molar refractivity (Wildman–Crippen MR) is 405 cm³/mol. The van der Waals surface area contributed by atoms with Crippen LogP contribution in [0.2, 0.25) is 0 Å². The van der Waals surface area contributed by atoms with Gasteiger partial charge in [0, 0.05) is 66.9 Å². The van der Waals surface area contributed by atoms with Gasteiger partial charge in [0.2, 0.25) is 0 Å². The van der Waals surface area contributed by atoms with Crippen LogP contribution >= 0.6 is 0 Å². The van der Waals surface area contributed by atoms with Crippen molar-refractivity contribution in [1.82, 2.24) is 9.13 Å². The van der Waals surface area contributed by atoms with Crippen LogP contribution in [0, 0.1) is 11.6 Å². The van der Waals surface area contributed by atoms with E-state index in [0.29, 0.717) is 67.9 Å². The summed E-state index contributed by atoms with van der Waals surface area (Å²) in [5.41, 5.74) is 9.16. The number of nitrogens with zero attached hydrogens (tertiary/aromatic N) is 2. The Bertz CT molecular complexity index is 4120. The van der Waals surface area contributed by atoms with E-state index in [2.05, 4.69) is 54.4 Å². The summed E-state index contributed by atoms with van der Waals surface area (Å²) in [4.78, 5) is 54.5. The lowest BCUT2D eigenvalue weighted by Crippen LogP contribution is -2.46. The summed E-state index contributed by atoms with van der Waals surface area (Å²) in [6.07, 6.45) is 3.12. The van der Waals surface area contributed by atoms with E-state index in [-0.39, 0.29) is 90.2 Å². The third kappa shape index (κ3) is 22.3. The number of rotatable bonds is 24. The second kappa shape index (κ2) is 35.7. The van der Waals surface area contributed by atoms with Crippen molar-refractivity contribution in [3.05, 3.63) is 192 Å². The van der Waals surface area contributed by atoms with Crippen molar-refractivity contribution in [2.24, 2.45) is 0 Å². The molecule has 17 nitrogen and oxygen atoms in total. The minimum absolute atomic E-state index is 0.0614. The van der Waals surface area contributed by atoms with E-state index in [0.717, 1.165) is 81.9 Å². The van der Waals surface area contributed by atoms with Gasteiger partial charge in [0.1, 0.15) is 34.3 Å². The van der Waals surface area contributed by atoms with Crippen molar-refractivity contribution in [3.63, 3.8) is 0 Å². The molecule has 0 aliphatic carbocycles. The zero-order valence-corrected chi connectivity index (χ0v) is 63.3. The maximum atomic E-state index is 14.6. The molecule has 4 heterocycles. The highest BCUT2D eigenvalue weighted by atomic mass is 19.1. The number of esters is 2. The number of ether oxygens (including phenoxy) is 7. The highest BCUT2D eigenvalue weighted by Crippen LogP contribution is 2.46. The number of aliphatic hydroxyl groups is 1. The smallest absolute Gasteiger partial charge is 0.308 e. The van der Waals surface area contributed by atoms with Crippen LogP contribution < -0.4 is 15.4 Å². The molecule has 0 bridgehead atoms. The summed E-state index contributed by atoms with van der Waals surface area (Å²) >= 11 is 0. The Morgan fingerprint density at radius 3 is 1.22 bits per heavy atom. The van der Waals surface area contributed by atoms with E-state index in [1.807, 2.05) is 154 Å². The first kappa shape index (κ1) is 80.7. The summed E-state index contributed by atoms with van der Waals surface area (Å²) < 4.78 is 75.2. The molecule has 10 rings (SSSR count). The molecule has 0 spiro atoms. The molecule has 0 radical (unpaired) electrons. The summed E-state index contributed by atoms with van der Waals surface area (Å²) in [5.74, 6) is -2.99. The van der Waals surface area contributed by atoms with Crippen LogP contribution in [0.25, 0.3) is 44.8 Å². The number of phenolic OH excluding ortho intramolecular Hbond substituents is 1. The number of anilines is 2. The summed E-state index contributed by atoms with van der Waals surface area (Å²) in [6, 6.07) is 46.2. The second-order valence-corrected chi connectivity index (χ2v) is 29.9. The van der Waals surface area contributed by atoms with Crippen molar-refractivity contribution < 1.29 is 71.3 Å². The molecule has 4 N–H and O–H groups in total. The number of phenols is 1. The van der Waals surface area contributed by atoms with Gasteiger partial charge < -0.3 is 63.1 Å². The number of nitrogens with one attached hydrogen (secondary N) is 2. The van der Waals surface area contributed by atoms with Gasteiger partial charge in [-0.2, -0.15) is 0 Å². The number of halogens is 2. The summed E-state index contributed by atoms with van der Waals surface area (Å²) in [6.45, 7) is 30.5. The van der Waals surface area contributed by atoms with Gasteiger partial charge in [0.15, 0.2) is 11.6 Å². The number of carbonyl (C=O) groups excluding carboxylic acids is 4. The highest BCUT2D eigenvalue weighted by Gasteiger charge is 2.41. The molecule has 104 heavy (non-hydrogen) atoms. The first-order valence-corrected chi connectivity index (χ1v) is 36.1. The quantitative estimate of drug-likeness (QED) is 0.0253. The maximum absolute atomic E-state index is 14.6. The van der Waals surface area contributed by atoms with E-state index in [1.54, 1.807) is 36.4 Å².